The zero-order chi connectivity index (χ0) is 23.6. The smallest absolute Gasteiger partial charge is 0.252 e. The molecule has 2 aromatic carbocycles. The molecule has 1 amide bonds. The molecular weight excluding hydrogens is 438 g/mol. The van der Waals surface area contributed by atoms with Crippen LogP contribution in [0.4, 0.5) is 0 Å². The van der Waals surface area contributed by atoms with E-state index in [9.17, 15) is 18.0 Å². The van der Waals surface area contributed by atoms with Crippen LogP contribution in [0.15, 0.2) is 58.2 Å². The minimum Gasteiger partial charge on any atom is -0.352 e. The summed E-state index contributed by atoms with van der Waals surface area (Å²) >= 11 is 0. The Hall–Kier alpha value is -2.97. The van der Waals surface area contributed by atoms with Gasteiger partial charge in [-0.3, -0.25) is 9.59 Å². The number of benzene rings is 2. The number of nitrogens with zero attached hydrogens (tertiary/aromatic N) is 1. The highest BCUT2D eigenvalue weighted by Gasteiger charge is 2.31. The van der Waals surface area contributed by atoms with E-state index in [1.54, 1.807) is 6.07 Å². The highest BCUT2D eigenvalue weighted by molar-refractivity contribution is 7.89. The number of hydrogen-bond donors (Lipinski definition) is 2. The predicted octanol–water partition coefficient (Wildman–Crippen LogP) is 3.37. The second-order valence-corrected chi connectivity index (χ2v) is 10.6. The summed E-state index contributed by atoms with van der Waals surface area (Å²) in [6.07, 6.45) is 3.33. The number of fused-ring (bicyclic) bond motifs is 1. The van der Waals surface area contributed by atoms with Gasteiger partial charge >= 0.3 is 0 Å². The lowest BCUT2D eigenvalue weighted by atomic mass is 10.1. The van der Waals surface area contributed by atoms with Gasteiger partial charge in [-0.25, -0.2) is 8.42 Å². The largest absolute Gasteiger partial charge is 0.352 e. The number of rotatable bonds is 6. The van der Waals surface area contributed by atoms with Crippen LogP contribution in [0.2, 0.25) is 0 Å². The summed E-state index contributed by atoms with van der Waals surface area (Å²) in [6, 6.07) is 13.8. The number of nitrogens with one attached hydrogen (secondary N) is 2. The van der Waals surface area contributed by atoms with Crippen molar-refractivity contribution in [2.24, 2.45) is 0 Å². The standard InChI is InChI=1S/C25H29N3O4S/c1-17-6-8-19(9-7-17)12-13-26-25(30)22-16-24(29)27-23-11-10-20(15-21(22)23)33(31,32)28-14-4-3-5-18(28)2/h6-11,15-16,18H,3-5,12-14H2,1-2H3,(H,26,30)(H,27,29)/t18-/m1/s1. The number of carbonyl (C=O) groups is 1. The Morgan fingerprint density at radius 2 is 1.88 bits per heavy atom. The van der Waals surface area contributed by atoms with Crippen LogP contribution in [0, 0.1) is 6.92 Å². The van der Waals surface area contributed by atoms with Crippen molar-refractivity contribution in [1.29, 1.82) is 0 Å². The van der Waals surface area contributed by atoms with Crippen LogP contribution < -0.4 is 10.9 Å². The molecule has 0 aliphatic carbocycles. The molecule has 1 aromatic heterocycles. The summed E-state index contributed by atoms with van der Waals surface area (Å²) < 4.78 is 28.1. The fourth-order valence-electron chi connectivity index (χ4n) is 4.32. The van der Waals surface area contributed by atoms with Gasteiger partial charge in [-0.05, 0) is 56.9 Å². The molecular formula is C25H29N3O4S. The number of hydrogen-bond acceptors (Lipinski definition) is 4. The molecule has 1 aliphatic rings. The van der Waals surface area contributed by atoms with Crippen LogP contribution in [-0.4, -0.2) is 42.7 Å². The summed E-state index contributed by atoms with van der Waals surface area (Å²) in [4.78, 5) is 27.9. The zero-order valence-corrected chi connectivity index (χ0v) is 19.7. The first-order chi connectivity index (χ1) is 15.8. The molecule has 7 nitrogen and oxygen atoms in total. The average molecular weight is 468 g/mol. The van der Waals surface area contributed by atoms with Gasteiger partial charge in [0.25, 0.3) is 5.91 Å². The van der Waals surface area contributed by atoms with E-state index in [1.165, 1.54) is 28.1 Å². The topological polar surface area (TPSA) is 99.3 Å². The molecule has 1 fully saturated rings. The first-order valence-electron chi connectivity index (χ1n) is 11.3. The maximum atomic E-state index is 13.3. The molecule has 0 bridgehead atoms. The number of carbonyl (C=O) groups excluding carboxylic acids is 1. The maximum Gasteiger partial charge on any atom is 0.252 e. The quantitative estimate of drug-likeness (QED) is 0.581. The van der Waals surface area contributed by atoms with Crippen molar-refractivity contribution in [2.45, 2.75) is 50.5 Å². The number of aromatic nitrogens is 1. The Balaban J connectivity index is 1.61. The lowest BCUT2D eigenvalue weighted by Gasteiger charge is -2.32. The second-order valence-electron chi connectivity index (χ2n) is 8.71. The van der Waals surface area contributed by atoms with Crippen LogP contribution in [0.5, 0.6) is 0 Å². The number of piperidine rings is 1. The molecule has 2 N–H and O–H groups in total. The van der Waals surface area contributed by atoms with E-state index in [0.717, 1.165) is 24.8 Å². The van der Waals surface area contributed by atoms with Gasteiger partial charge in [0.1, 0.15) is 0 Å². The molecule has 0 saturated carbocycles. The Labute approximate surface area is 193 Å². The SMILES string of the molecule is Cc1ccc(CCNC(=O)c2cc(=O)[nH]c3ccc(S(=O)(=O)N4CCCC[C@H]4C)cc23)cc1. The van der Waals surface area contributed by atoms with Crippen molar-refractivity contribution in [1.82, 2.24) is 14.6 Å². The summed E-state index contributed by atoms with van der Waals surface area (Å²) in [5.41, 5.74) is 2.45. The van der Waals surface area contributed by atoms with Crippen molar-refractivity contribution >= 4 is 26.8 Å². The molecule has 1 aliphatic heterocycles. The van der Waals surface area contributed by atoms with E-state index in [1.807, 2.05) is 38.1 Å². The van der Waals surface area contributed by atoms with Crippen LogP contribution in [0.3, 0.4) is 0 Å². The van der Waals surface area contributed by atoms with Crippen LogP contribution in [0.25, 0.3) is 10.9 Å². The minimum atomic E-state index is -3.70. The number of sulfonamides is 1. The molecule has 0 spiro atoms. The fourth-order valence-corrected chi connectivity index (χ4v) is 6.04. The van der Waals surface area contributed by atoms with Crippen molar-refractivity contribution in [3.63, 3.8) is 0 Å². The fraction of sp³-hybridized carbons (Fsp3) is 0.360. The lowest BCUT2D eigenvalue weighted by molar-refractivity contribution is 0.0955. The number of aromatic amines is 1. The molecule has 2 heterocycles. The molecule has 3 aromatic rings. The molecule has 1 atom stereocenters. The average Bonchev–Trinajstić information content (AvgIpc) is 2.79. The van der Waals surface area contributed by atoms with Crippen LogP contribution in [-0.2, 0) is 16.4 Å². The number of pyridine rings is 1. The molecule has 0 radical (unpaired) electrons. The maximum absolute atomic E-state index is 13.3. The summed E-state index contributed by atoms with van der Waals surface area (Å²) in [5, 5.41) is 3.27. The van der Waals surface area contributed by atoms with E-state index >= 15 is 0 Å². The Morgan fingerprint density at radius 1 is 1.12 bits per heavy atom. The zero-order valence-electron chi connectivity index (χ0n) is 18.9. The highest BCUT2D eigenvalue weighted by Crippen LogP contribution is 2.27. The number of H-pyrrole nitrogens is 1. The third kappa shape index (κ3) is 5.02. The Kier molecular flexibility index (Phi) is 6.67. The highest BCUT2D eigenvalue weighted by atomic mass is 32.2. The minimum absolute atomic E-state index is 0.0698. The predicted molar refractivity (Wildman–Crippen MR) is 129 cm³/mol. The van der Waals surface area contributed by atoms with E-state index in [-0.39, 0.29) is 16.5 Å². The normalized spacial score (nSPS) is 17.2. The van der Waals surface area contributed by atoms with Gasteiger partial charge in [0.2, 0.25) is 15.6 Å². The molecule has 4 rings (SSSR count). The van der Waals surface area contributed by atoms with Crippen molar-refractivity contribution in [3.8, 4) is 0 Å². The van der Waals surface area contributed by atoms with Gasteiger partial charge in [-0.1, -0.05) is 36.2 Å². The second kappa shape index (κ2) is 9.49. The molecule has 0 unspecified atom stereocenters. The van der Waals surface area contributed by atoms with E-state index in [2.05, 4.69) is 10.3 Å². The first-order valence-corrected chi connectivity index (χ1v) is 12.7. The summed E-state index contributed by atoms with van der Waals surface area (Å²) in [7, 11) is -3.70. The van der Waals surface area contributed by atoms with Gasteiger partial charge in [-0.2, -0.15) is 4.31 Å². The van der Waals surface area contributed by atoms with E-state index < -0.39 is 21.5 Å². The van der Waals surface area contributed by atoms with Crippen LogP contribution in [0.1, 0.15) is 47.7 Å². The Bertz CT molecular complexity index is 1330. The number of amides is 1. The van der Waals surface area contributed by atoms with Gasteiger partial charge in [-0.15, -0.1) is 0 Å². The third-order valence-corrected chi connectivity index (χ3v) is 8.24. The van der Waals surface area contributed by atoms with E-state index in [4.69, 9.17) is 0 Å². The molecule has 174 valence electrons. The summed E-state index contributed by atoms with van der Waals surface area (Å²) in [6.45, 7) is 4.82. The van der Waals surface area contributed by atoms with Crippen LogP contribution >= 0.6 is 0 Å². The van der Waals surface area contributed by atoms with Crippen molar-refractivity contribution in [3.05, 3.63) is 75.6 Å². The molecule has 1 saturated heterocycles. The number of aryl methyl sites for hydroxylation is 1. The van der Waals surface area contributed by atoms with E-state index in [0.29, 0.717) is 30.4 Å². The van der Waals surface area contributed by atoms with Gasteiger partial charge in [0.15, 0.2) is 0 Å². The molecule has 33 heavy (non-hydrogen) atoms. The monoisotopic (exact) mass is 467 g/mol. The van der Waals surface area contributed by atoms with Crippen molar-refractivity contribution < 1.29 is 13.2 Å². The van der Waals surface area contributed by atoms with Gasteiger partial charge < -0.3 is 10.3 Å². The first kappa shape index (κ1) is 23.2. The Morgan fingerprint density at radius 3 is 2.61 bits per heavy atom. The third-order valence-electron chi connectivity index (χ3n) is 6.23. The molecule has 8 heteroatoms. The van der Waals surface area contributed by atoms with Gasteiger partial charge in [0, 0.05) is 36.1 Å². The van der Waals surface area contributed by atoms with Crippen molar-refractivity contribution in [2.75, 3.05) is 13.1 Å². The van der Waals surface area contributed by atoms with Gasteiger partial charge in [0.05, 0.1) is 10.5 Å². The summed E-state index contributed by atoms with van der Waals surface area (Å²) in [5.74, 6) is -0.404. The lowest BCUT2D eigenvalue weighted by Crippen LogP contribution is -2.41.